The number of aromatic hydroxyl groups is 1. The maximum Gasteiger partial charge on any atom is 0.268 e. The molecule has 0 saturated carbocycles. The van der Waals surface area contributed by atoms with E-state index in [0.29, 0.717) is 22.6 Å². The predicted octanol–water partition coefficient (Wildman–Crippen LogP) is 4.41. The minimum atomic E-state index is 0.0728. The highest BCUT2D eigenvalue weighted by Gasteiger charge is 2.17. The van der Waals surface area contributed by atoms with Gasteiger partial charge in [-0.15, -0.1) is 10.2 Å². The molecule has 7 nitrogen and oxygen atoms in total. The lowest BCUT2D eigenvalue weighted by molar-refractivity contribution is 0.473. The van der Waals surface area contributed by atoms with Crippen LogP contribution in [0.2, 0.25) is 0 Å². The Kier molecular flexibility index (Phi) is 5.02. The molecule has 0 bridgehead atoms. The quantitative estimate of drug-likeness (QED) is 0.532. The molecule has 30 heavy (non-hydrogen) atoms. The number of aryl methyl sites for hydroxylation is 1. The summed E-state index contributed by atoms with van der Waals surface area (Å²) in [5.41, 5.74) is 5.22. The van der Waals surface area contributed by atoms with Gasteiger partial charge < -0.3 is 14.4 Å². The lowest BCUT2D eigenvalue weighted by Crippen LogP contribution is -2.08. The van der Waals surface area contributed by atoms with Crippen molar-refractivity contribution in [3.63, 3.8) is 0 Å². The lowest BCUT2D eigenvalue weighted by atomic mass is 10.1. The van der Waals surface area contributed by atoms with E-state index >= 15 is 0 Å². The van der Waals surface area contributed by atoms with Crippen LogP contribution in [-0.2, 0) is 0 Å². The number of nitrogens with zero attached hydrogens (tertiary/aromatic N) is 5. The average molecular weight is 399 g/mol. The van der Waals surface area contributed by atoms with E-state index < -0.39 is 0 Å². The number of phenols is 1. The molecule has 1 N–H and O–H groups in total. The molecule has 4 aromatic rings. The summed E-state index contributed by atoms with van der Waals surface area (Å²) in [6, 6.07) is 14.8. The van der Waals surface area contributed by atoms with E-state index in [9.17, 15) is 5.11 Å². The summed E-state index contributed by atoms with van der Waals surface area (Å²) in [5, 5.41) is 18.2. The van der Waals surface area contributed by atoms with Crippen molar-refractivity contribution in [2.24, 2.45) is 0 Å². The summed E-state index contributed by atoms with van der Waals surface area (Å²) in [6.45, 7) is 5.91. The Balaban J connectivity index is 1.68. The highest BCUT2D eigenvalue weighted by Crippen LogP contribution is 2.31. The monoisotopic (exact) mass is 399 g/mol. The summed E-state index contributed by atoms with van der Waals surface area (Å²) < 4.78 is 5.78. The van der Waals surface area contributed by atoms with Gasteiger partial charge in [-0.3, -0.25) is 4.98 Å². The van der Waals surface area contributed by atoms with E-state index in [1.807, 2.05) is 50.2 Å². The highest BCUT2D eigenvalue weighted by molar-refractivity contribution is 5.68. The molecule has 0 amide bonds. The maximum atomic E-state index is 10.0. The molecule has 0 unspecified atom stereocenters. The second-order valence-electron chi connectivity index (χ2n) is 7.04. The molecule has 0 saturated heterocycles. The topological polar surface area (TPSA) is 88.2 Å². The standard InChI is InChI=1S/C23H21N5O2/c1-14-21(23-27-26-22(30-23)18-7-5-6-8-20(18)29)25-19(13-24-14)17-11-9-16(10-12-17)15(2)28(3)4/h5-13,29H,2H2,1,3-4H3. The van der Waals surface area contributed by atoms with Crippen molar-refractivity contribution in [2.45, 2.75) is 6.92 Å². The largest absolute Gasteiger partial charge is 0.507 e. The molecule has 0 aliphatic carbocycles. The molecule has 0 aliphatic heterocycles. The molecular weight excluding hydrogens is 378 g/mol. The van der Waals surface area contributed by atoms with Gasteiger partial charge in [0.15, 0.2) is 0 Å². The SMILES string of the molecule is C=C(c1ccc(-c2cnc(C)c(-c3nnc(-c4ccccc4O)o3)n2)cc1)N(C)C. The van der Waals surface area contributed by atoms with Crippen molar-refractivity contribution in [1.29, 1.82) is 0 Å². The van der Waals surface area contributed by atoms with Gasteiger partial charge in [0.25, 0.3) is 11.8 Å². The first-order valence-corrected chi connectivity index (χ1v) is 9.37. The molecule has 0 aliphatic rings. The van der Waals surface area contributed by atoms with Crippen LogP contribution in [0.25, 0.3) is 40.0 Å². The fourth-order valence-corrected chi connectivity index (χ4v) is 2.96. The zero-order valence-electron chi connectivity index (χ0n) is 17.0. The molecule has 4 rings (SSSR count). The molecule has 2 heterocycles. The minimum absolute atomic E-state index is 0.0728. The first-order chi connectivity index (χ1) is 14.4. The molecule has 0 spiro atoms. The Hall–Kier alpha value is -4.00. The smallest absolute Gasteiger partial charge is 0.268 e. The molecule has 150 valence electrons. The van der Waals surface area contributed by atoms with Crippen molar-refractivity contribution in [3.05, 3.63) is 72.6 Å². The van der Waals surface area contributed by atoms with Crippen LogP contribution in [0.15, 0.2) is 65.7 Å². The van der Waals surface area contributed by atoms with Crippen molar-refractivity contribution < 1.29 is 9.52 Å². The Morgan fingerprint density at radius 2 is 1.70 bits per heavy atom. The third-order valence-corrected chi connectivity index (χ3v) is 4.77. The van der Waals surface area contributed by atoms with Crippen molar-refractivity contribution in [1.82, 2.24) is 25.1 Å². The van der Waals surface area contributed by atoms with Gasteiger partial charge in [-0.25, -0.2) is 4.98 Å². The average Bonchev–Trinajstić information content (AvgIpc) is 3.23. The fourth-order valence-electron chi connectivity index (χ4n) is 2.96. The summed E-state index contributed by atoms with van der Waals surface area (Å²) in [4.78, 5) is 11.1. The minimum Gasteiger partial charge on any atom is -0.507 e. The van der Waals surface area contributed by atoms with Crippen molar-refractivity contribution in [2.75, 3.05) is 14.1 Å². The van der Waals surface area contributed by atoms with Gasteiger partial charge in [-0.05, 0) is 24.6 Å². The van der Waals surface area contributed by atoms with Gasteiger partial charge in [0.2, 0.25) is 0 Å². The summed E-state index contributed by atoms with van der Waals surface area (Å²) >= 11 is 0. The first kappa shape index (κ1) is 19.3. The van der Waals surface area contributed by atoms with E-state index in [1.54, 1.807) is 30.5 Å². The van der Waals surface area contributed by atoms with Crippen LogP contribution in [0.1, 0.15) is 11.3 Å². The lowest BCUT2D eigenvalue weighted by Gasteiger charge is -2.16. The normalized spacial score (nSPS) is 10.8. The highest BCUT2D eigenvalue weighted by atomic mass is 16.4. The number of rotatable bonds is 5. The van der Waals surface area contributed by atoms with Crippen LogP contribution < -0.4 is 0 Å². The van der Waals surface area contributed by atoms with Gasteiger partial charge in [0.05, 0.1) is 23.1 Å². The van der Waals surface area contributed by atoms with Crippen molar-refractivity contribution in [3.8, 4) is 40.0 Å². The first-order valence-electron chi connectivity index (χ1n) is 9.37. The van der Waals surface area contributed by atoms with Gasteiger partial charge >= 0.3 is 0 Å². The number of phenolic OH excluding ortho intramolecular Hbond substituents is 1. The van der Waals surface area contributed by atoms with E-state index in [0.717, 1.165) is 16.8 Å². The Bertz CT molecular complexity index is 1210. The molecule has 0 fully saturated rings. The maximum absolute atomic E-state index is 10.0. The Labute approximate surface area is 174 Å². The second-order valence-corrected chi connectivity index (χ2v) is 7.04. The van der Waals surface area contributed by atoms with Crippen LogP contribution in [0, 0.1) is 6.92 Å². The molecule has 7 heteroatoms. The van der Waals surface area contributed by atoms with E-state index in [-0.39, 0.29) is 17.5 Å². The van der Waals surface area contributed by atoms with Crippen LogP contribution in [0.5, 0.6) is 5.75 Å². The number of aromatic nitrogens is 4. The third kappa shape index (κ3) is 3.65. The Morgan fingerprint density at radius 1 is 1.00 bits per heavy atom. The van der Waals surface area contributed by atoms with Crippen LogP contribution in [0.4, 0.5) is 0 Å². The van der Waals surface area contributed by atoms with Crippen LogP contribution in [0.3, 0.4) is 0 Å². The summed E-state index contributed by atoms with van der Waals surface area (Å²) in [6.07, 6.45) is 1.72. The summed E-state index contributed by atoms with van der Waals surface area (Å²) in [7, 11) is 3.92. The van der Waals surface area contributed by atoms with Crippen LogP contribution in [-0.4, -0.2) is 44.3 Å². The fraction of sp³-hybridized carbons (Fsp3) is 0.130. The van der Waals surface area contributed by atoms with Gasteiger partial charge in [0, 0.05) is 25.4 Å². The molecule has 2 aromatic carbocycles. The molecule has 2 aromatic heterocycles. The zero-order valence-corrected chi connectivity index (χ0v) is 17.0. The zero-order chi connectivity index (χ0) is 21.3. The number of hydrogen-bond donors (Lipinski definition) is 1. The van der Waals surface area contributed by atoms with Crippen LogP contribution >= 0.6 is 0 Å². The van der Waals surface area contributed by atoms with Gasteiger partial charge in [0.1, 0.15) is 11.4 Å². The second kappa shape index (κ2) is 7.79. The van der Waals surface area contributed by atoms with Gasteiger partial charge in [-0.2, -0.15) is 0 Å². The molecular formula is C23H21N5O2. The number of hydrogen-bond acceptors (Lipinski definition) is 7. The Morgan fingerprint density at radius 3 is 2.40 bits per heavy atom. The van der Waals surface area contributed by atoms with Crippen molar-refractivity contribution >= 4 is 5.70 Å². The van der Waals surface area contributed by atoms with Gasteiger partial charge in [-0.1, -0.05) is 43.0 Å². The van der Waals surface area contributed by atoms with E-state index in [2.05, 4.69) is 21.8 Å². The molecule has 0 atom stereocenters. The number of para-hydroxylation sites is 1. The molecule has 0 radical (unpaired) electrons. The van der Waals surface area contributed by atoms with E-state index in [4.69, 9.17) is 9.40 Å². The van der Waals surface area contributed by atoms with E-state index in [1.165, 1.54) is 0 Å². The summed E-state index contributed by atoms with van der Waals surface area (Å²) in [5.74, 6) is 0.544. The predicted molar refractivity (Wildman–Crippen MR) is 115 cm³/mol. The number of benzene rings is 2. The third-order valence-electron chi connectivity index (χ3n) is 4.77.